The minimum absolute atomic E-state index is 1.09. The Labute approximate surface area is 108 Å². The van der Waals surface area contributed by atoms with Gasteiger partial charge in [0.15, 0.2) is 0 Å². The van der Waals surface area contributed by atoms with Crippen LogP contribution in [0.5, 0.6) is 0 Å². The van der Waals surface area contributed by atoms with Gasteiger partial charge in [-0.2, -0.15) is 0 Å². The van der Waals surface area contributed by atoms with E-state index in [1.807, 2.05) is 11.3 Å². The van der Waals surface area contributed by atoms with Crippen molar-refractivity contribution in [3.05, 3.63) is 22.4 Å². The molecule has 3 nitrogen and oxygen atoms in total. The summed E-state index contributed by atoms with van der Waals surface area (Å²) >= 11 is 1.85. The van der Waals surface area contributed by atoms with E-state index in [4.69, 9.17) is 0 Å². The molecule has 0 unspecified atom stereocenters. The van der Waals surface area contributed by atoms with Crippen LogP contribution in [-0.2, 0) is 6.54 Å². The van der Waals surface area contributed by atoms with Crippen LogP contribution in [0.1, 0.15) is 11.3 Å². The Balaban J connectivity index is 1.66. The van der Waals surface area contributed by atoms with E-state index in [1.54, 1.807) is 0 Å². The summed E-state index contributed by atoms with van der Waals surface area (Å²) in [4.78, 5) is 6.46. The van der Waals surface area contributed by atoms with Gasteiger partial charge in [0.1, 0.15) is 0 Å². The largest absolute Gasteiger partial charge is 0.315 e. The van der Waals surface area contributed by atoms with Crippen molar-refractivity contribution in [2.75, 3.05) is 46.3 Å². The van der Waals surface area contributed by atoms with E-state index in [0.29, 0.717) is 0 Å². The molecule has 1 aromatic heterocycles. The molecule has 96 valence electrons. The topological polar surface area (TPSA) is 18.5 Å². The molecular formula is C13H23N3S. The van der Waals surface area contributed by atoms with Crippen molar-refractivity contribution in [3.8, 4) is 0 Å². The highest BCUT2D eigenvalue weighted by molar-refractivity contribution is 7.09. The predicted octanol–water partition coefficient (Wildman–Crippen LogP) is 1.48. The van der Waals surface area contributed by atoms with E-state index < -0.39 is 0 Å². The lowest BCUT2D eigenvalue weighted by Crippen LogP contribution is -2.35. The van der Waals surface area contributed by atoms with Gasteiger partial charge in [-0.3, -0.25) is 0 Å². The molecule has 0 atom stereocenters. The number of thiophene rings is 1. The van der Waals surface area contributed by atoms with Crippen LogP contribution < -0.4 is 5.32 Å². The van der Waals surface area contributed by atoms with E-state index in [-0.39, 0.29) is 0 Å². The summed E-state index contributed by atoms with van der Waals surface area (Å²) in [6.07, 6.45) is 1.29. The van der Waals surface area contributed by atoms with Crippen LogP contribution in [0, 0.1) is 0 Å². The Morgan fingerprint density at radius 3 is 3.18 bits per heavy atom. The van der Waals surface area contributed by atoms with Crippen LogP contribution in [0.2, 0.25) is 0 Å². The minimum Gasteiger partial charge on any atom is -0.315 e. The molecule has 1 fully saturated rings. The van der Waals surface area contributed by atoms with Gasteiger partial charge >= 0.3 is 0 Å². The number of likely N-dealkylation sites (N-methyl/N-ethyl adjacent to an activating group) is 1. The third-order valence-corrected chi connectivity index (χ3v) is 4.10. The standard InChI is InChI=1S/C13H23N3S/c1-15(12-13-4-2-11-17-13)9-10-16-7-3-5-14-6-8-16/h2,4,11,14H,3,5-10,12H2,1H3. The Morgan fingerprint density at radius 1 is 1.41 bits per heavy atom. The third-order valence-electron chi connectivity index (χ3n) is 3.24. The van der Waals surface area contributed by atoms with E-state index >= 15 is 0 Å². The number of rotatable bonds is 5. The fraction of sp³-hybridized carbons (Fsp3) is 0.692. The Hall–Kier alpha value is -0.420. The molecule has 0 spiro atoms. The predicted molar refractivity (Wildman–Crippen MR) is 74.6 cm³/mol. The molecule has 0 aromatic carbocycles. The van der Waals surface area contributed by atoms with Crippen LogP contribution in [0.15, 0.2) is 17.5 Å². The lowest BCUT2D eigenvalue weighted by atomic mass is 10.3. The van der Waals surface area contributed by atoms with Gasteiger partial charge in [-0.05, 0) is 38.0 Å². The zero-order valence-corrected chi connectivity index (χ0v) is 11.5. The van der Waals surface area contributed by atoms with Crippen LogP contribution in [0.25, 0.3) is 0 Å². The molecule has 1 aliphatic heterocycles. The molecule has 17 heavy (non-hydrogen) atoms. The minimum atomic E-state index is 1.09. The molecule has 1 aliphatic rings. The molecule has 2 rings (SSSR count). The average Bonchev–Trinajstić information content (AvgIpc) is 2.68. The van der Waals surface area contributed by atoms with E-state index in [1.165, 1.54) is 37.5 Å². The monoisotopic (exact) mass is 253 g/mol. The molecule has 0 saturated carbocycles. The lowest BCUT2D eigenvalue weighted by Gasteiger charge is -2.23. The third kappa shape index (κ3) is 4.76. The van der Waals surface area contributed by atoms with Crippen molar-refractivity contribution in [1.82, 2.24) is 15.1 Å². The van der Waals surface area contributed by atoms with Gasteiger partial charge in [0.05, 0.1) is 0 Å². The summed E-state index contributed by atoms with van der Waals surface area (Å²) in [6, 6.07) is 4.35. The number of nitrogens with zero attached hydrogens (tertiary/aromatic N) is 2. The van der Waals surface area contributed by atoms with Gasteiger partial charge in [0, 0.05) is 37.6 Å². The highest BCUT2D eigenvalue weighted by Gasteiger charge is 2.09. The molecule has 1 saturated heterocycles. The summed E-state index contributed by atoms with van der Waals surface area (Å²) in [5.41, 5.74) is 0. The summed E-state index contributed by atoms with van der Waals surface area (Å²) in [5, 5.41) is 5.60. The molecule has 0 radical (unpaired) electrons. The second kappa shape index (κ2) is 7.11. The molecule has 1 N–H and O–H groups in total. The highest BCUT2D eigenvalue weighted by Crippen LogP contribution is 2.10. The van der Waals surface area contributed by atoms with Crippen LogP contribution >= 0.6 is 11.3 Å². The SMILES string of the molecule is CN(CCN1CCCNCC1)Cc1cccs1. The average molecular weight is 253 g/mol. The fourth-order valence-corrected chi connectivity index (χ4v) is 2.97. The van der Waals surface area contributed by atoms with Crippen molar-refractivity contribution in [3.63, 3.8) is 0 Å². The van der Waals surface area contributed by atoms with Crippen molar-refractivity contribution in [1.29, 1.82) is 0 Å². The zero-order chi connectivity index (χ0) is 11.9. The Morgan fingerprint density at radius 2 is 2.35 bits per heavy atom. The summed E-state index contributed by atoms with van der Waals surface area (Å²) in [7, 11) is 2.22. The molecule has 4 heteroatoms. The van der Waals surface area contributed by atoms with Gasteiger partial charge in [0.2, 0.25) is 0 Å². The Kier molecular flexibility index (Phi) is 5.45. The lowest BCUT2D eigenvalue weighted by molar-refractivity contribution is 0.232. The number of hydrogen-bond donors (Lipinski definition) is 1. The molecule has 0 amide bonds. The van der Waals surface area contributed by atoms with Gasteiger partial charge in [-0.1, -0.05) is 6.07 Å². The zero-order valence-electron chi connectivity index (χ0n) is 10.7. The smallest absolute Gasteiger partial charge is 0.0325 e. The summed E-state index contributed by atoms with van der Waals surface area (Å²) < 4.78 is 0. The van der Waals surface area contributed by atoms with Crippen LogP contribution in [0.4, 0.5) is 0 Å². The van der Waals surface area contributed by atoms with E-state index in [2.05, 4.69) is 39.7 Å². The highest BCUT2D eigenvalue weighted by atomic mass is 32.1. The van der Waals surface area contributed by atoms with Gasteiger partial charge in [-0.25, -0.2) is 0 Å². The first-order valence-electron chi connectivity index (χ1n) is 6.48. The quantitative estimate of drug-likeness (QED) is 0.857. The second-order valence-electron chi connectivity index (χ2n) is 4.76. The molecule has 2 heterocycles. The molecule has 0 aliphatic carbocycles. The molecule has 0 bridgehead atoms. The van der Waals surface area contributed by atoms with Crippen molar-refractivity contribution >= 4 is 11.3 Å². The summed E-state index contributed by atoms with van der Waals surface area (Å²) in [6.45, 7) is 8.23. The van der Waals surface area contributed by atoms with Gasteiger partial charge in [-0.15, -0.1) is 11.3 Å². The maximum absolute atomic E-state index is 3.45. The second-order valence-corrected chi connectivity index (χ2v) is 5.79. The summed E-state index contributed by atoms with van der Waals surface area (Å²) in [5.74, 6) is 0. The van der Waals surface area contributed by atoms with E-state index in [9.17, 15) is 0 Å². The normalized spacial score (nSPS) is 18.5. The molecule has 1 aromatic rings. The van der Waals surface area contributed by atoms with Crippen molar-refractivity contribution in [2.24, 2.45) is 0 Å². The van der Waals surface area contributed by atoms with Crippen molar-refractivity contribution < 1.29 is 0 Å². The van der Waals surface area contributed by atoms with Crippen LogP contribution in [0.3, 0.4) is 0 Å². The maximum atomic E-state index is 3.45. The van der Waals surface area contributed by atoms with Crippen LogP contribution in [-0.4, -0.2) is 56.1 Å². The van der Waals surface area contributed by atoms with Gasteiger partial charge < -0.3 is 15.1 Å². The fourth-order valence-electron chi connectivity index (χ4n) is 2.19. The molecular weight excluding hydrogens is 230 g/mol. The first-order valence-corrected chi connectivity index (χ1v) is 7.36. The number of hydrogen-bond acceptors (Lipinski definition) is 4. The van der Waals surface area contributed by atoms with Crippen molar-refractivity contribution in [2.45, 2.75) is 13.0 Å². The maximum Gasteiger partial charge on any atom is 0.0325 e. The first-order chi connectivity index (χ1) is 8.34. The number of nitrogens with one attached hydrogen (secondary N) is 1. The Bertz CT molecular complexity index is 292. The van der Waals surface area contributed by atoms with E-state index in [0.717, 1.165) is 19.6 Å². The van der Waals surface area contributed by atoms with Gasteiger partial charge in [0.25, 0.3) is 0 Å². The first kappa shape index (κ1) is 13.0.